The highest BCUT2D eigenvalue weighted by Gasteiger charge is 2.35. The number of rotatable bonds is 10. The lowest BCUT2D eigenvalue weighted by Crippen LogP contribution is -2.28. The molecule has 0 radical (unpaired) electrons. The highest BCUT2D eigenvalue weighted by molar-refractivity contribution is 8.01. The van der Waals surface area contributed by atoms with E-state index >= 15 is 0 Å². The predicted molar refractivity (Wildman–Crippen MR) is 144 cm³/mol. The summed E-state index contributed by atoms with van der Waals surface area (Å²) in [5.41, 5.74) is 2.26. The molecule has 36 heavy (non-hydrogen) atoms. The number of anilines is 2. The molecule has 8 nitrogen and oxygen atoms in total. The fourth-order valence-electron chi connectivity index (χ4n) is 3.85. The molecule has 10 heteroatoms. The van der Waals surface area contributed by atoms with Crippen molar-refractivity contribution >= 4 is 51.5 Å². The van der Waals surface area contributed by atoms with Gasteiger partial charge in [0.25, 0.3) is 0 Å². The quantitative estimate of drug-likeness (QED) is 0.381. The second-order valence-electron chi connectivity index (χ2n) is 8.09. The van der Waals surface area contributed by atoms with E-state index in [0.29, 0.717) is 34.7 Å². The van der Waals surface area contributed by atoms with Gasteiger partial charge in [-0.25, -0.2) is 4.98 Å². The van der Waals surface area contributed by atoms with Crippen LogP contribution in [0.4, 0.5) is 10.7 Å². The fourth-order valence-corrected chi connectivity index (χ4v) is 5.75. The first-order valence-corrected chi connectivity index (χ1v) is 13.6. The Kier molecular flexibility index (Phi) is 8.61. The maximum atomic E-state index is 13.2. The zero-order valence-corrected chi connectivity index (χ0v) is 21.8. The molecule has 188 valence electrons. The number of thiazole rings is 1. The summed E-state index contributed by atoms with van der Waals surface area (Å²) in [5.74, 6) is 0.117. The van der Waals surface area contributed by atoms with Gasteiger partial charge in [-0.05, 0) is 38.1 Å². The van der Waals surface area contributed by atoms with Crippen LogP contribution in [0.3, 0.4) is 0 Å². The smallest absolute Gasteiger partial charge is 0.230 e. The Labute approximate surface area is 218 Å². The monoisotopic (exact) mass is 524 g/mol. The lowest BCUT2D eigenvalue weighted by Gasteiger charge is -2.17. The number of nitrogens with zero attached hydrogens (tertiary/aromatic N) is 2. The van der Waals surface area contributed by atoms with Gasteiger partial charge < -0.3 is 20.3 Å². The minimum absolute atomic E-state index is 0.0663. The summed E-state index contributed by atoms with van der Waals surface area (Å²) in [6.45, 7) is 5.23. The van der Waals surface area contributed by atoms with Crippen LogP contribution >= 0.6 is 23.1 Å². The van der Waals surface area contributed by atoms with E-state index in [0.717, 1.165) is 17.0 Å². The van der Waals surface area contributed by atoms with Crippen LogP contribution in [0.1, 0.15) is 20.3 Å². The molecule has 1 aliphatic rings. The lowest BCUT2D eigenvalue weighted by atomic mass is 10.1. The number of hydrogen-bond donors (Lipinski definition) is 2. The van der Waals surface area contributed by atoms with Crippen molar-refractivity contribution < 1.29 is 19.1 Å². The Hall–Kier alpha value is -3.37. The minimum Gasteiger partial charge on any atom is -0.494 e. The summed E-state index contributed by atoms with van der Waals surface area (Å²) in [7, 11) is 0. The van der Waals surface area contributed by atoms with Crippen LogP contribution in [0, 0.1) is 5.92 Å². The zero-order chi connectivity index (χ0) is 25.5. The maximum absolute atomic E-state index is 13.2. The average Bonchev–Trinajstić information content (AvgIpc) is 3.47. The molecule has 2 N–H and O–H groups in total. The molecule has 0 saturated carbocycles. The SMILES string of the molecule is CCNC(=O)CSc1nc(-c2ccccc2)c(NC(=O)C2CC(=O)N(c3ccc(OCC)cc3)C2)s1. The summed E-state index contributed by atoms with van der Waals surface area (Å²) >= 11 is 2.66. The first kappa shape index (κ1) is 25.7. The van der Waals surface area contributed by atoms with Crippen molar-refractivity contribution in [2.24, 2.45) is 5.92 Å². The van der Waals surface area contributed by atoms with Gasteiger partial charge in [0, 0.05) is 30.8 Å². The number of benzene rings is 2. The molecule has 1 aromatic heterocycles. The summed E-state index contributed by atoms with van der Waals surface area (Å²) in [4.78, 5) is 44.1. The van der Waals surface area contributed by atoms with Gasteiger partial charge in [0.05, 0.1) is 18.3 Å². The molecule has 1 unspecified atom stereocenters. The number of hydrogen-bond acceptors (Lipinski definition) is 7. The van der Waals surface area contributed by atoms with E-state index in [1.807, 2.05) is 68.4 Å². The molecular formula is C26H28N4O4S2. The maximum Gasteiger partial charge on any atom is 0.230 e. The Bertz CT molecular complexity index is 1210. The largest absolute Gasteiger partial charge is 0.494 e. The molecule has 3 aromatic rings. The summed E-state index contributed by atoms with van der Waals surface area (Å²) in [5, 5.41) is 6.39. The van der Waals surface area contributed by atoms with E-state index in [9.17, 15) is 14.4 Å². The van der Waals surface area contributed by atoms with Gasteiger partial charge >= 0.3 is 0 Å². The number of amides is 3. The first-order valence-electron chi connectivity index (χ1n) is 11.8. The van der Waals surface area contributed by atoms with Crippen LogP contribution in [-0.4, -0.2) is 48.2 Å². The molecule has 0 spiro atoms. The third-order valence-corrected chi connectivity index (χ3v) is 7.66. The van der Waals surface area contributed by atoms with E-state index in [1.54, 1.807) is 4.90 Å². The number of thioether (sulfide) groups is 1. The fraction of sp³-hybridized carbons (Fsp3) is 0.308. The molecular weight excluding hydrogens is 496 g/mol. The Morgan fingerprint density at radius 3 is 2.58 bits per heavy atom. The summed E-state index contributed by atoms with van der Waals surface area (Å²) in [6, 6.07) is 16.9. The van der Waals surface area contributed by atoms with Crippen LogP contribution in [0.15, 0.2) is 58.9 Å². The van der Waals surface area contributed by atoms with E-state index in [-0.39, 0.29) is 29.9 Å². The van der Waals surface area contributed by atoms with Crippen LogP contribution in [0.5, 0.6) is 5.75 Å². The van der Waals surface area contributed by atoms with E-state index in [2.05, 4.69) is 10.6 Å². The van der Waals surface area contributed by atoms with E-state index < -0.39 is 5.92 Å². The number of carbonyl (C=O) groups is 3. The van der Waals surface area contributed by atoms with Gasteiger partial charge in [0.2, 0.25) is 17.7 Å². The zero-order valence-electron chi connectivity index (χ0n) is 20.2. The van der Waals surface area contributed by atoms with Gasteiger partial charge in [-0.1, -0.05) is 53.4 Å². The molecule has 1 saturated heterocycles. The Balaban J connectivity index is 1.48. The van der Waals surface area contributed by atoms with Gasteiger partial charge in [-0.2, -0.15) is 0 Å². The molecule has 2 aromatic carbocycles. The van der Waals surface area contributed by atoms with E-state index in [4.69, 9.17) is 9.72 Å². The highest BCUT2D eigenvalue weighted by Crippen LogP contribution is 2.38. The second-order valence-corrected chi connectivity index (χ2v) is 10.3. The van der Waals surface area contributed by atoms with E-state index in [1.165, 1.54) is 23.1 Å². The van der Waals surface area contributed by atoms with Gasteiger partial charge in [0.1, 0.15) is 16.4 Å². The Morgan fingerprint density at radius 2 is 1.89 bits per heavy atom. The summed E-state index contributed by atoms with van der Waals surface area (Å²) in [6.07, 6.45) is 0.136. The van der Waals surface area contributed by atoms with Crippen molar-refractivity contribution in [1.82, 2.24) is 10.3 Å². The molecule has 1 fully saturated rings. The molecule has 0 aliphatic carbocycles. The minimum atomic E-state index is -0.485. The lowest BCUT2D eigenvalue weighted by molar-refractivity contribution is -0.122. The van der Waals surface area contributed by atoms with Crippen LogP contribution < -0.4 is 20.3 Å². The second kappa shape index (κ2) is 12.0. The van der Waals surface area contributed by atoms with Crippen molar-refractivity contribution in [1.29, 1.82) is 0 Å². The van der Waals surface area contributed by atoms with Crippen LogP contribution in [0.25, 0.3) is 11.3 Å². The number of nitrogens with one attached hydrogen (secondary N) is 2. The normalized spacial score (nSPS) is 15.1. The van der Waals surface area contributed by atoms with Gasteiger partial charge in [-0.3, -0.25) is 14.4 Å². The van der Waals surface area contributed by atoms with Crippen molar-refractivity contribution in [3.05, 3.63) is 54.6 Å². The third-order valence-electron chi connectivity index (χ3n) is 5.55. The van der Waals surface area contributed by atoms with Crippen LogP contribution in [-0.2, 0) is 14.4 Å². The number of ether oxygens (including phenoxy) is 1. The Morgan fingerprint density at radius 1 is 1.14 bits per heavy atom. The average molecular weight is 525 g/mol. The predicted octanol–water partition coefficient (Wildman–Crippen LogP) is 4.43. The highest BCUT2D eigenvalue weighted by atomic mass is 32.2. The number of aromatic nitrogens is 1. The summed E-state index contributed by atoms with van der Waals surface area (Å²) < 4.78 is 6.16. The van der Waals surface area contributed by atoms with Crippen molar-refractivity contribution in [2.45, 2.75) is 24.6 Å². The first-order chi connectivity index (χ1) is 17.5. The molecule has 1 atom stereocenters. The van der Waals surface area contributed by atoms with Crippen molar-refractivity contribution in [2.75, 3.05) is 35.7 Å². The van der Waals surface area contributed by atoms with Crippen molar-refractivity contribution in [3.8, 4) is 17.0 Å². The molecule has 4 rings (SSSR count). The van der Waals surface area contributed by atoms with Gasteiger partial charge in [0.15, 0.2) is 4.34 Å². The molecule has 2 heterocycles. The standard InChI is InChI=1S/C26H28N4O4S2/c1-3-27-21(31)16-35-26-28-23(17-8-6-5-7-9-17)25(36-26)29-24(33)18-14-22(32)30(15-18)19-10-12-20(13-11-19)34-4-2/h5-13,18H,3-4,14-16H2,1-2H3,(H,27,31)(H,29,33). The topological polar surface area (TPSA) is 101 Å². The van der Waals surface area contributed by atoms with Crippen LogP contribution in [0.2, 0.25) is 0 Å². The third kappa shape index (κ3) is 6.24. The van der Waals surface area contributed by atoms with Gasteiger partial charge in [-0.15, -0.1) is 0 Å². The van der Waals surface area contributed by atoms with Crippen molar-refractivity contribution in [3.63, 3.8) is 0 Å². The molecule has 0 bridgehead atoms. The number of carbonyl (C=O) groups excluding carboxylic acids is 3. The molecule has 3 amide bonds. The molecule has 1 aliphatic heterocycles.